The van der Waals surface area contributed by atoms with Crippen molar-refractivity contribution >= 4 is 29.3 Å². The van der Waals surface area contributed by atoms with Gasteiger partial charge in [0.2, 0.25) is 18.6 Å². The Morgan fingerprint density at radius 2 is 1.83 bits per heavy atom. The number of hydrogen-bond donors (Lipinski definition) is 2. The van der Waals surface area contributed by atoms with Crippen LogP contribution in [0.4, 0.5) is 5.69 Å². The Bertz CT molecular complexity index is 762. The monoisotopic (exact) mass is 344 g/mol. The maximum absolute atomic E-state index is 11.9. The molecule has 0 saturated heterocycles. The van der Waals surface area contributed by atoms with E-state index in [1.807, 2.05) is 18.2 Å². The van der Waals surface area contributed by atoms with Crippen molar-refractivity contribution in [3.05, 3.63) is 53.6 Å². The summed E-state index contributed by atoms with van der Waals surface area (Å²) in [5.41, 5.74) is 7.29. The highest BCUT2D eigenvalue weighted by atomic mass is 32.2. The number of hydrogen-bond acceptors (Lipinski definition) is 5. The van der Waals surface area contributed by atoms with E-state index in [0.29, 0.717) is 22.8 Å². The van der Waals surface area contributed by atoms with Crippen LogP contribution < -0.4 is 20.5 Å². The molecule has 0 aromatic heterocycles. The Hall–Kier alpha value is -2.67. The standard InChI is InChI=1S/C17H16N2O4S/c18-17(21)12-2-4-13(5-3-12)19-16(20)9-24-8-11-1-6-14-15(7-11)23-10-22-14/h1-7H,8-10H2,(H2,18,21)(H,19,20). The molecular weight excluding hydrogens is 328 g/mol. The second kappa shape index (κ2) is 7.27. The van der Waals surface area contributed by atoms with Crippen LogP contribution in [0.25, 0.3) is 0 Å². The molecule has 0 aliphatic carbocycles. The zero-order chi connectivity index (χ0) is 16.9. The number of fused-ring (bicyclic) bond motifs is 1. The van der Waals surface area contributed by atoms with E-state index in [4.69, 9.17) is 15.2 Å². The van der Waals surface area contributed by atoms with Crippen LogP contribution >= 0.6 is 11.8 Å². The van der Waals surface area contributed by atoms with Gasteiger partial charge in [0.25, 0.3) is 0 Å². The van der Waals surface area contributed by atoms with Gasteiger partial charge in [-0.15, -0.1) is 11.8 Å². The Morgan fingerprint density at radius 1 is 1.08 bits per heavy atom. The number of nitrogens with two attached hydrogens (primary N) is 1. The number of amides is 2. The molecule has 3 rings (SSSR count). The first-order valence-electron chi connectivity index (χ1n) is 7.28. The third-order valence-electron chi connectivity index (χ3n) is 3.39. The molecule has 0 radical (unpaired) electrons. The van der Waals surface area contributed by atoms with E-state index in [1.165, 1.54) is 11.8 Å². The van der Waals surface area contributed by atoms with Gasteiger partial charge in [0.1, 0.15) is 0 Å². The van der Waals surface area contributed by atoms with Crippen molar-refractivity contribution in [3.63, 3.8) is 0 Å². The van der Waals surface area contributed by atoms with E-state index < -0.39 is 5.91 Å². The lowest BCUT2D eigenvalue weighted by Gasteiger charge is -2.06. The average molecular weight is 344 g/mol. The molecule has 124 valence electrons. The molecule has 2 aromatic carbocycles. The Kier molecular flexibility index (Phi) is 4.90. The largest absolute Gasteiger partial charge is 0.454 e. The fourth-order valence-corrected chi connectivity index (χ4v) is 2.98. The van der Waals surface area contributed by atoms with Crippen LogP contribution in [0.3, 0.4) is 0 Å². The van der Waals surface area contributed by atoms with E-state index >= 15 is 0 Å². The van der Waals surface area contributed by atoms with Crippen molar-refractivity contribution in [2.45, 2.75) is 5.75 Å². The highest BCUT2D eigenvalue weighted by molar-refractivity contribution is 7.99. The van der Waals surface area contributed by atoms with Gasteiger partial charge >= 0.3 is 0 Å². The Morgan fingerprint density at radius 3 is 2.58 bits per heavy atom. The van der Waals surface area contributed by atoms with Crippen LogP contribution in [0.15, 0.2) is 42.5 Å². The van der Waals surface area contributed by atoms with E-state index in [9.17, 15) is 9.59 Å². The molecule has 0 saturated carbocycles. The van der Waals surface area contributed by atoms with E-state index in [1.54, 1.807) is 24.3 Å². The molecule has 0 unspecified atom stereocenters. The normalized spacial score (nSPS) is 12.0. The fraction of sp³-hybridized carbons (Fsp3) is 0.176. The topological polar surface area (TPSA) is 90.7 Å². The molecule has 24 heavy (non-hydrogen) atoms. The number of thioether (sulfide) groups is 1. The lowest BCUT2D eigenvalue weighted by atomic mass is 10.2. The van der Waals surface area contributed by atoms with Gasteiger partial charge in [-0.1, -0.05) is 6.07 Å². The Labute approximate surface area is 143 Å². The number of benzene rings is 2. The van der Waals surface area contributed by atoms with Crippen molar-refractivity contribution in [3.8, 4) is 11.5 Å². The van der Waals surface area contributed by atoms with Crippen LogP contribution in [0.5, 0.6) is 11.5 Å². The third kappa shape index (κ3) is 3.99. The number of anilines is 1. The molecule has 0 fully saturated rings. The summed E-state index contributed by atoms with van der Waals surface area (Å²) < 4.78 is 10.6. The van der Waals surface area contributed by atoms with Crippen molar-refractivity contribution in [1.29, 1.82) is 0 Å². The SMILES string of the molecule is NC(=O)c1ccc(NC(=O)CSCc2ccc3c(c2)OCO3)cc1. The third-order valence-corrected chi connectivity index (χ3v) is 4.40. The number of primary amides is 1. The van der Waals surface area contributed by atoms with Crippen LogP contribution in [-0.4, -0.2) is 24.4 Å². The van der Waals surface area contributed by atoms with Crippen LogP contribution in [0.2, 0.25) is 0 Å². The second-order valence-corrected chi connectivity index (χ2v) is 6.16. The van der Waals surface area contributed by atoms with E-state index in [-0.39, 0.29) is 12.7 Å². The molecule has 1 aliphatic rings. The van der Waals surface area contributed by atoms with Crippen LogP contribution in [-0.2, 0) is 10.5 Å². The van der Waals surface area contributed by atoms with Gasteiger partial charge in [0, 0.05) is 17.0 Å². The molecule has 1 heterocycles. The predicted octanol–water partition coefficient (Wildman–Crippen LogP) is 2.39. The number of rotatable bonds is 6. The lowest BCUT2D eigenvalue weighted by molar-refractivity contribution is -0.113. The summed E-state index contributed by atoms with van der Waals surface area (Å²) in [6, 6.07) is 12.2. The van der Waals surface area contributed by atoms with Gasteiger partial charge in [-0.2, -0.15) is 0 Å². The first-order chi connectivity index (χ1) is 11.6. The highest BCUT2D eigenvalue weighted by Crippen LogP contribution is 2.33. The molecule has 2 aromatic rings. The summed E-state index contributed by atoms with van der Waals surface area (Å²) in [5.74, 6) is 1.92. The molecule has 0 spiro atoms. The highest BCUT2D eigenvalue weighted by Gasteiger charge is 2.13. The molecule has 2 amide bonds. The molecule has 0 bridgehead atoms. The zero-order valence-electron chi connectivity index (χ0n) is 12.8. The van der Waals surface area contributed by atoms with E-state index in [2.05, 4.69) is 5.32 Å². The summed E-state index contributed by atoms with van der Waals surface area (Å²) in [4.78, 5) is 22.9. The van der Waals surface area contributed by atoms with Crippen molar-refractivity contribution < 1.29 is 19.1 Å². The summed E-state index contributed by atoms with van der Waals surface area (Å²) in [6.45, 7) is 0.253. The van der Waals surface area contributed by atoms with Gasteiger partial charge in [0.15, 0.2) is 11.5 Å². The van der Waals surface area contributed by atoms with Crippen molar-refractivity contribution in [2.75, 3.05) is 17.9 Å². The van der Waals surface area contributed by atoms with Crippen molar-refractivity contribution in [1.82, 2.24) is 0 Å². The summed E-state index contributed by atoms with van der Waals surface area (Å²) in [7, 11) is 0. The smallest absolute Gasteiger partial charge is 0.248 e. The quantitative estimate of drug-likeness (QED) is 0.840. The lowest BCUT2D eigenvalue weighted by Crippen LogP contribution is -2.15. The number of ether oxygens (including phenoxy) is 2. The summed E-state index contributed by atoms with van der Waals surface area (Å²) in [5, 5.41) is 2.78. The Balaban J connectivity index is 1.46. The molecule has 3 N–H and O–H groups in total. The fourth-order valence-electron chi connectivity index (χ4n) is 2.21. The van der Waals surface area contributed by atoms with E-state index in [0.717, 1.165) is 17.1 Å². The maximum Gasteiger partial charge on any atom is 0.248 e. The molecule has 6 nitrogen and oxygen atoms in total. The van der Waals surface area contributed by atoms with Crippen molar-refractivity contribution in [2.24, 2.45) is 5.73 Å². The first kappa shape index (κ1) is 16.2. The van der Waals surface area contributed by atoms with Gasteiger partial charge in [-0.05, 0) is 42.0 Å². The minimum atomic E-state index is -0.493. The number of carbonyl (C=O) groups excluding carboxylic acids is 2. The molecule has 7 heteroatoms. The molecular formula is C17H16N2O4S. The van der Waals surface area contributed by atoms with Crippen LogP contribution in [0, 0.1) is 0 Å². The predicted molar refractivity (Wildman–Crippen MR) is 92.3 cm³/mol. The number of nitrogens with one attached hydrogen (secondary N) is 1. The first-order valence-corrected chi connectivity index (χ1v) is 8.43. The molecule has 0 atom stereocenters. The van der Waals surface area contributed by atoms with Gasteiger partial charge < -0.3 is 20.5 Å². The van der Waals surface area contributed by atoms with Crippen LogP contribution in [0.1, 0.15) is 15.9 Å². The summed E-state index contributed by atoms with van der Waals surface area (Å²) in [6.07, 6.45) is 0. The van der Waals surface area contributed by atoms with Gasteiger partial charge in [0.05, 0.1) is 5.75 Å². The second-order valence-electron chi connectivity index (χ2n) is 5.17. The zero-order valence-corrected chi connectivity index (χ0v) is 13.6. The van der Waals surface area contributed by atoms with Gasteiger partial charge in [-0.3, -0.25) is 9.59 Å². The molecule has 1 aliphatic heterocycles. The maximum atomic E-state index is 11.9. The van der Waals surface area contributed by atoms with Gasteiger partial charge in [-0.25, -0.2) is 0 Å². The summed E-state index contributed by atoms with van der Waals surface area (Å²) >= 11 is 1.50. The average Bonchev–Trinajstić information content (AvgIpc) is 3.03. The minimum Gasteiger partial charge on any atom is -0.454 e. The number of carbonyl (C=O) groups is 2. The minimum absolute atomic E-state index is 0.104.